The van der Waals surface area contributed by atoms with E-state index in [9.17, 15) is 0 Å². The molecule has 0 aromatic rings. The molecule has 0 radical (unpaired) electrons. The van der Waals surface area contributed by atoms with Crippen molar-refractivity contribution in [3.05, 3.63) is 0 Å². The molecule has 0 aromatic heterocycles. The van der Waals surface area contributed by atoms with Gasteiger partial charge in [-0.15, -0.1) is 0 Å². The zero-order valence-corrected chi connectivity index (χ0v) is 9.71. The van der Waals surface area contributed by atoms with Crippen molar-refractivity contribution in [3.63, 3.8) is 0 Å². The van der Waals surface area contributed by atoms with Crippen molar-refractivity contribution >= 4 is 8.80 Å². The van der Waals surface area contributed by atoms with E-state index >= 15 is 0 Å². The van der Waals surface area contributed by atoms with Crippen molar-refractivity contribution in [1.29, 1.82) is 0 Å². The first-order valence-corrected chi connectivity index (χ1v) is 6.70. The highest BCUT2D eigenvalue weighted by Gasteiger charge is 2.39. The topological polar surface area (TPSA) is 47.9 Å². The first-order valence-electron chi connectivity index (χ1n) is 4.77. The smallest absolute Gasteiger partial charge is 0.396 e. The van der Waals surface area contributed by atoms with E-state index in [-0.39, 0.29) is 6.61 Å². The molecule has 0 saturated carbocycles. The van der Waals surface area contributed by atoms with Gasteiger partial charge in [0.2, 0.25) is 0 Å². The zero-order chi connectivity index (χ0) is 10.2. The van der Waals surface area contributed by atoms with Crippen molar-refractivity contribution < 1.29 is 18.4 Å². The number of hydrogen-bond donors (Lipinski definition) is 1. The third-order valence-corrected chi connectivity index (χ3v) is 4.53. The third-order valence-electron chi connectivity index (χ3n) is 1.51. The lowest BCUT2D eigenvalue weighted by molar-refractivity contribution is 0.0665. The van der Waals surface area contributed by atoms with Gasteiger partial charge in [-0.2, -0.15) is 0 Å². The maximum atomic E-state index is 8.88. The third kappa shape index (κ3) is 4.73. The van der Waals surface area contributed by atoms with Crippen molar-refractivity contribution in [2.24, 2.45) is 0 Å². The molecule has 0 bridgehead atoms. The van der Waals surface area contributed by atoms with E-state index in [1.165, 1.54) is 0 Å². The Labute approximate surface area is 81.2 Å². The molecule has 0 heterocycles. The summed E-state index contributed by atoms with van der Waals surface area (Å²) in [4.78, 5) is 0. The molecule has 1 N–H and O–H groups in total. The van der Waals surface area contributed by atoms with Gasteiger partial charge in [0.15, 0.2) is 0 Å². The second kappa shape index (κ2) is 7.46. The summed E-state index contributed by atoms with van der Waals surface area (Å²) in [5, 5.41) is 8.88. The van der Waals surface area contributed by atoms with Gasteiger partial charge in [-0.1, -0.05) is 0 Å². The molecule has 0 saturated heterocycles. The number of aliphatic hydroxyl groups is 1. The van der Waals surface area contributed by atoms with Gasteiger partial charge >= 0.3 is 8.80 Å². The standard InChI is InChI=1S/C8H20O4Si/c1-4-10-13(8-7-9,11-5-2)12-6-3/h9H,4-8H2,1-3H3. The Kier molecular flexibility index (Phi) is 7.49. The molecule has 0 amide bonds. The van der Waals surface area contributed by atoms with Crippen LogP contribution in [0.2, 0.25) is 6.04 Å². The molecule has 0 aromatic carbocycles. The van der Waals surface area contributed by atoms with Gasteiger partial charge in [0.1, 0.15) is 0 Å². The summed E-state index contributed by atoms with van der Waals surface area (Å²) < 4.78 is 16.5. The van der Waals surface area contributed by atoms with Gasteiger partial charge in [-0.25, -0.2) is 0 Å². The fraction of sp³-hybridized carbons (Fsp3) is 1.00. The van der Waals surface area contributed by atoms with Gasteiger partial charge in [-0.3, -0.25) is 0 Å². The molecule has 5 heteroatoms. The molecule has 0 spiro atoms. The van der Waals surface area contributed by atoms with Crippen LogP contribution in [0.3, 0.4) is 0 Å². The average Bonchev–Trinajstić information content (AvgIpc) is 2.06. The van der Waals surface area contributed by atoms with E-state index in [0.29, 0.717) is 25.9 Å². The summed E-state index contributed by atoms with van der Waals surface area (Å²) in [6.07, 6.45) is 0. The lowest BCUT2D eigenvalue weighted by atomic mass is 10.9. The Morgan fingerprint density at radius 3 is 1.54 bits per heavy atom. The molecule has 0 unspecified atom stereocenters. The average molecular weight is 208 g/mol. The highest BCUT2D eigenvalue weighted by atomic mass is 28.4. The Morgan fingerprint density at radius 1 is 0.923 bits per heavy atom. The minimum Gasteiger partial charge on any atom is -0.396 e. The molecule has 0 atom stereocenters. The van der Waals surface area contributed by atoms with Gasteiger partial charge in [0.25, 0.3) is 0 Å². The Balaban J connectivity index is 4.19. The fourth-order valence-corrected chi connectivity index (χ4v) is 3.41. The quantitative estimate of drug-likeness (QED) is 0.605. The summed E-state index contributed by atoms with van der Waals surface area (Å²) in [5.74, 6) is 0. The first kappa shape index (κ1) is 13.1. The van der Waals surface area contributed by atoms with E-state index in [1.807, 2.05) is 20.8 Å². The monoisotopic (exact) mass is 208 g/mol. The lowest BCUT2D eigenvalue weighted by Crippen LogP contribution is -2.46. The molecule has 0 aliphatic rings. The van der Waals surface area contributed by atoms with Crippen LogP contribution >= 0.6 is 0 Å². The van der Waals surface area contributed by atoms with Crippen molar-refractivity contribution in [3.8, 4) is 0 Å². The van der Waals surface area contributed by atoms with Crippen molar-refractivity contribution in [2.75, 3.05) is 26.4 Å². The molecule has 0 rings (SSSR count). The predicted octanol–water partition coefficient (Wildman–Crippen LogP) is 1.03. The molecule has 0 aliphatic carbocycles. The summed E-state index contributed by atoms with van der Waals surface area (Å²) in [6, 6.07) is 0.475. The lowest BCUT2D eigenvalue weighted by Gasteiger charge is -2.27. The van der Waals surface area contributed by atoms with Crippen molar-refractivity contribution in [1.82, 2.24) is 0 Å². The molecule has 4 nitrogen and oxygen atoms in total. The minimum absolute atomic E-state index is 0.0478. The van der Waals surface area contributed by atoms with Crippen LogP contribution in [0.15, 0.2) is 0 Å². The number of rotatable bonds is 8. The largest absolute Gasteiger partial charge is 0.503 e. The molecular weight excluding hydrogens is 188 g/mol. The van der Waals surface area contributed by atoms with Crippen LogP contribution < -0.4 is 0 Å². The Hall–Kier alpha value is 0.0569. The van der Waals surface area contributed by atoms with Gasteiger partial charge in [-0.05, 0) is 20.8 Å². The van der Waals surface area contributed by atoms with Crippen LogP contribution in [0.5, 0.6) is 0 Å². The van der Waals surface area contributed by atoms with Crippen LogP contribution in [0.25, 0.3) is 0 Å². The van der Waals surface area contributed by atoms with Gasteiger partial charge in [0, 0.05) is 32.5 Å². The second-order valence-electron chi connectivity index (χ2n) is 2.46. The molecular formula is C8H20O4Si. The second-order valence-corrected chi connectivity index (χ2v) is 5.19. The fourth-order valence-electron chi connectivity index (χ4n) is 1.14. The predicted molar refractivity (Wildman–Crippen MR) is 52.5 cm³/mol. The summed E-state index contributed by atoms with van der Waals surface area (Å²) in [5.41, 5.74) is 0. The van der Waals surface area contributed by atoms with Crippen LogP contribution in [-0.2, 0) is 13.3 Å². The van der Waals surface area contributed by atoms with E-state index in [2.05, 4.69) is 0 Å². The maximum Gasteiger partial charge on any atom is 0.503 e. The summed E-state index contributed by atoms with van der Waals surface area (Å²) in [7, 11) is -2.55. The summed E-state index contributed by atoms with van der Waals surface area (Å²) >= 11 is 0. The van der Waals surface area contributed by atoms with Crippen LogP contribution in [0, 0.1) is 0 Å². The van der Waals surface area contributed by atoms with Gasteiger partial charge < -0.3 is 18.4 Å². The van der Waals surface area contributed by atoms with Crippen LogP contribution in [0.4, 0.5) is 0 Å². The van der Waals surface area contributed by atoms with E-state index in [1.54, 1.807) is 0 Å². The first-order chi connectivity index (χ1) is 6.24. The van der Waals surface area contributed by atoms with Crippen molar-refractivity contribution in [2.45, 2.75) is 26.8 Å². The SMILES string of the molecule is CCO[Si](CCO)(OCC)OCC. The van der Waals surface area contributed by atoms with E-state index in [0.717, 1.165) is 0 Å². The van der Waals surface area contributed by atoms with Crippen LogP contribution in [0.1, 0.15) is 20.8 Å². The highest BCUT2D eigenvalue weighted by molar-refractivity contribution is 6.60. The molecule has 0 fully saturated rings. The summed E-state index contributed by atoms with van der Waals surface area (Å²) in [6.45, 7) is 7.43. The Morgan fingerprint density at radius 2 is 1.31 bits per heavy atom. The van der Waals surface area contributed by atoms with Crippen LogP contribution in [-0.4, -0.2) is 40.3 Å². The molecule has 13 heavy (non-hydrogen) atoms. The molecule has 80 valence electrons. The van der Waals surface area contributed by atoms with E-state index in [4.69, 9.17) is 18.4 Å². The van der Waals surface area contributed by atoms with E-state index < -0.39 is 8.80 Å². The normalized spacial score (nSPS) is 12.0. The molecule has 0 aliphatic heterocycles. The highest BCUT2D eigenvalue weighted by Crippen LogP contribution is 2.14. The van der Waals surface area contributed by atoms with Gasteiger partial charge in [0.05, 0.1) is 0 Å². The zero-order valence-electron chi connectivity index (χ0n) is 8.71. The minimum atomic E-state index is -2.55. The number of hydrogen-bond acceptors (Lipinski definition) is 4. The number of aliphatic hydroxyl groups excluding tert-OH is 1. The maximum absolute atomic E-state index is 8.88. The Bertz CT molecular complexity index is 91.2.